The molecule has 0 radical (unpaired) electrons. The summed E-state index contributed by atoms with van der Waals surface area (Å²) in [6, 6.07) is 5.85. The van der Waals surface area contributed by atoms with E-state index in [9.17, 15) is 0 Å². The lowest BCUT2D eigenvalue weighted by molar-refractivity contribution is 0.184. The van der Waals surface area contributed by atoms with Crippen molar-refractivity contribution in [3.63, 3.8) is 0 Å². The van der Waals surface area contributed by atoms with Crippen molar-refractivity contribution < 1.29 is 4.74 Å². The van der Waals surface area contributed by atoms with E-state index in [1.807, 2.05) is 18.2 Å². The van der Waals surface area contributed by atoms with Crippen molar-refractivity contribution >= 4 is 22.4 Å². The monoisotopic (exact) mass is 246 g/mol. The van der Waals surface area contributed by atoms with Gasteiger partial charge in [0.15, 0.2) is 0 Å². The van der Waals surface area contributed by atoms with Crippen LogP contribution in [0.3, 0.4) is 0 Å². The molecule has 1 atom stereocenters. The number of nitrogens with zero attached hydrogens (tertiary/aromatic N) is 2. The Hall–Kier alpha value is -1.88. The summed E-state index contributed by atoms with van der Waals surface area (Å²) in [5.41, 5.74) is 7.40. The molecule has 2 rings (SSSR count). The first-order valence-electron chi connectivity index (χ1n) is 6.00. The average molecular weight is 246 g/mol. The molecule has 0 aliphatic carbocycles. The molecule has 1 unspecified atom stereocenters. The number of ether oxygens (including phenoxy) is 1. The Morgan fingerprint density at radius 3 is 2.94 bits per heavy atom. The molecular formula is C13H18N4O. The van der Waals surface area contributed by atoms with Gasteiger partial charge in [0, 0.05) is 18.2 Å². The molecule has 0 saturated carbocycles. The zero-order chi connectivity index (χ0) is 13.0. The largest absolute Gasteiger partial charge is 0.399 e. The minimum Gasteiger partial charge on any atom is -0.399 e. The molecule has 3 N–H and O–H groups in total. The van der Waals surface area contributed by atoms with Crippen LogP contribution < -0.4 is 11.1 Å². The van der Waals surface area contributed by atoms with E-state index < -0.39 is 0 Å². The average Bonchev–Trinajstić information content (AvgIpc) is 2.38. The van der Waals surface area contributed by atoms with E-state index in [1.54, 1.807) is 13.4 Å². The quantitative estimate of drug-likeness (QED) is 0.790. The second-order valence-corrected chi connectivity index (χ2v) is 4.20. The number of fused-ring (bicyclic) bond motifs is 1. The highest BCUT2D eigenvalue weighted by Gasteiger charge is 2.09. The van der Waals surface area contributed by atoms with Crippen molar-refractivity contribution in [2.75, 3.05) is 24.8 Å². The molecule has 18 heavy (non-hydrogen) atoms. The van der Waals surface area contributed by atoms with Gasteiger partial charge in [0.1, 0.15) is 12.1 Å². The lowest BCUT2D eigenvalue weighted by Gasteiger charge is -2.17. The third-order valence-electron chi connectivity index (χ3n) is 2.86. The molecule has 0 spiro atoms. The van der Waals surface area contributed by atoms with Gasteiger partial charge in [-0.1, -0.05) is 6.92 Å². The summed E-state index contributed by atoms with van der Waals surface area (Å²) in [6.45, 7) is 2.75. The number of methoxy groups -OCH3 is 1. The topological polar surface area (TPSA) is 73.1 Å². The zero-order valence-corrected chi connectivity index (χ0v) is 10.7. The number of hydrogen-bond donors (Lipinski definition) is 2. The molecule has 5 heteroatoms. The Morgan fingerprint density at radius 1 is 1.39 bits per heavy atom. The van der Waals surface area contributed by atoms with Gasteiger partial charge in [-0.25, -0.2) is 9.97 Å². The molecule has 0 fully saturated rings. The van der Waals surface area contributed by atoms with Crippen LogP contribution >= 0.6 is 0 Å². The highest BCUT2D eigenvalue weighted by atomic mass is 16.5. The summed E-state index contributed by atoms with van der Waals surface area (Å²) in [6.07, 6.45) is 2.52. The summed E-state index contributed by atoms with van der Waals surface area (Å²) in [5.74, 6) is 0.802. The normalized spacial score (nSPS) is 12.6. The first kappa shape index (κ1) is 12.6. The Labute approximate surface area is 106 Å². The van der Waals surface area contributed by atoms with Crippen molar-refractivity contribution in [2.24, 2.45) is 0 Å². The molecule has 96 valence electrons. The molecule has 1 heterocycles. The summed E-state index contributed by atoms with van der Waals surface area (Å²) in [7, 11) is 1.69. The van der Waals surface area contributed by atoms with Crippen LogP contribution in [0.1, 0.15) is 13.3 Å². The Kier molecular flexibility index (Phi) is 3.94. The molecule has 0 saturated heterocycles. The number of nitrogen functional groups attached to an aromatic ring is 1. The predicted octanol–water partition coefficient (Wildman–Crippen LogP) is 2.05. The van der Waals surface area contributed by atoms with E-state index in [1.165, 1.54) is 0 Å². The SMILES string of the molecule is CCC(COC)Nc1ncnc2ccc(N)cc12. The standard InChI is InChI=1S/C13H18N4O/c1-3-10(7-18-2)17-13-11-6-9(14)4-5-12(11)15-8-16-13/h4-6,8,10H,3,7,14H2,1-2H3,(H,15,16,17). The van der Waals surface area contributed by atoms with E-state index in [0.717, 1.165) is 23.1 Å². The Bertz CT molecular complexity index is 529. The maximum Gasteiger partial charge on any atom is 0.137 e. The van der Waals surface area contributed by atoms with E-state index in [4.69, 9.17) is 10.5 Å². The van der Waals surface area contributed by atoms with Crippen molar-refractivity contribution in [3.05, 3.63) is 24.5 Å². The number of anilines is 2. The number of aromatic nitrogens is 2. The first-order chi connectivity index (χ1) is 8.74. The highest BCUT2D eigenvalue weighted by Crippen LogP contribution is 2.22. The number of nitrogens with two attached hydrogens (primary N) is 1. The molecular weight excluding hydrogens is 228 g/mol. The fraction of sp³-hybridized carbons (Fsp3) is 0.385. The lowest BCUT2D eigenvalue weighted by atomic mass is 10.2. The van der Waals surface area contributed by atoms with E-state index >= 15 is 0 Å². The number of rotatable bonds is 5. The minimum atomic E-state index is 0.231. The van der Waals surface area contributed by atoms with Crippen LogP contribution in [0, 0.1) is 0 Å². The van der Waals surface area contributed by atoms with Gasteiger partial charge in [-0.2, -0.15) is 0 Å². The maximum atomic E-state index is 5.81. The van der Waals surface area contributed by atoms with Gasteiger partial charge >= 0.3 is 0 Å². The second-order valence-electron chi connectivity index (χ2n) is 4.20. The van der Waals surface area contributed by atoms with Gasteiger partial charge in [-0.05, 0) is 24.6 Å². The third-order valence-corrected chi connectivity index (χ3v) is 2.86. The van der Waals surface area contributed by atoms with Crippen molar-refractivity contribution in [1.29, 1.82) is 0 Å². The van der Waals surface area contributed by atoms with E-state index in [0.29, 0.717) is 12.3 Å². The fourth-order valence-electron chi connectivity index (χ4n) is 1.85. The van der Waals surface area contributed by atoms with Crippen molar-refractivity contribution in [3.8, 4) is 0 Å². The molecule has 5 nitrogen and oxygen atoms in total. The minimum absolute atomic E-state index is 0.231. The molecule has 2 aromatic rings. The first-order valence-corrected chi connectivity index (χ1v) is 6.00. The van der Waals surface area contributed by atoms with Crippen LogP contribution in [0.5, 0.6) is 0 Å². The summed E-state index contributed by atoms with van der Waals surface area (Å²) in [5, 5.41) is 4.31. The van der Waals surface area contributed by atoms with Crippen molar-refractivity contribution in [2.45, 2.75) is 19.4 Å². The lowest BCUT2D eigenvalue weighted by Crippen LogP contribution is -2.24. The van der Waals surface area contributed by atoms with Gasteiger partial charge < -0.3 is 15.8 Å². The number of benzene rings is 1. The Balaban J connectivity index is 2.34. The summed E-state index contributed by atoms with van der Waals surface area (Å²) < 4.78 is 5.17. The van der Waals surface area contributed by atoms with Crippen LogP contribution in [0.4, 0.5) is 11.5 Å². The third kappa shape index (κ3) is 2.68. The molecule has 0 aliphatic rings. The number of hydrogen-bond acceptors (Lipinski definition) is 5. The smallest absolute Gasteiger partial charge is 0.137 e. The van der Waals surface area contributed by atoms with Gasteiger partial charge in [-0.15, -0.1) is 0 Å². The van der Waals surface area contributed by atoms with Crippen LogP contribution in [0.25, 0.3) is 10.9 Å². The van der Waals surface area contributed by atoms with Gasteiger partial charge in [0.25, 0.3) is 0 Å². The highest BCUT2D eigenvalue weighted by molar-refractivity contribution is 5.91. The predicted molar refractivity (Wildman–Crippen MR) is 73.5 cm³/mol. The molecule has 1 aromatic heterocycles. The number of nitrogens with one attached hydrogen (secondary N) is 1. The zero-order valence-electron chi connectivity index (χ0n) is 10.7. The second kappa shape index (κ2) is 5.64. The van der Waals surface area contributed by atoms with Crippen LogP contribution in [0.15, 0.2) is 24.5 Å². The molecule has 1 aromatic carbocycles. The molecule has 0 aliphatic heterocycles. The fourth-order valence-corrected chi connectivity index (χ4v) is 1.85. The molecule has 0 bridgehead atoms. The van der Waals surface area contributed by atoms with Crippen molar-refractivity contribution in [1.82, 2.24) is 9.97 Å². The van der Waals surface area contributed by atoms with Gasteiger partial charge in [0.2, 0.25) is 0 Å². The van der Waals surface area contributed by atoms with Crippen LogP contribution in [0.2, 0.25) is 0 Å². The van der Waals surface area contributed by atoms with Gasteiger partial charge in [0.05, 0.1) is 18.2 Å². The van der Waals surface area contributed by atoms with E-state index in [2.05, 4.69) is 22.2 Å². The Morgan fingerprint density at radius 2 is 2.22 bits per heavy atom. The summed E-state index contributed by atoms with van der Waals surface area (Å²) >= 11 is 0. The van der Waals surface area contributed by atoms with Gasteiger partial charge in [-0.3, -0.25) is 0 Å². The summed E-state index contributed by atoms with van der Waals surface area (Å²) in [4.78, 5) is 8.51. The van der Waals surface area contributed by atoms with E-state index in [-0.39, 0.29) is 6.04 Å². The van der Waals surface area contributed by atoms with Crippen LogP contribution in [-0.4, -0.2) is 29.7 Å². The maximum absolute atomic E-state index is 5.81. The van der Waals surface area contributed by atoms with Crippen LogP contribution in [-0.2, 0) is 4.74 Å². The molecule has 0 amide bonds.